The van der Waals surface area contributed by atoms with E-state index in [1.54, 1.807) is 18.2 Å². The number of pyridine rings is 1. The number of para-hydroxylation sites is 1. The lowest BCUT2D eigenvalue weighted by atomic mass is 9.95. The second-order valence-electron chi connectivity index (χ2n) is 10.7. The number of hydrogen-bond donors (Lipinski definition) is 4. The van der Waals surface area contributed by atoms with E-state index in [0.717, 1.165) is 17.1 Å². The molecule has 3 rings (SSSR count). The van der Waals surface area contributed by atoms with Crippen LogP contribution in [0, 0.1) is 11.8 Å². The van der Waals surface area contributed by atoms with Crippen molar-refractivity contribution < 1.29 is 43.4 Å². The molecule has 13 heteroatoms. The van der Waals surface area contributed by atoms with Crippen LogP contribution in [0.5, 0.6) is 0 Å². The number of thioether (sulfide) groups is 1. The van der Waals surface area contributed by atoms with Gasteiger partial charge < -0.3 is 20.3 Å². The molecule has 2 amide bonds. The fourth-order valence-electron chi connectivity index (χ4n) is 4.65. The van der Waals surface area contributed by atoms with Gasteiger partial charge in [-0.2, -0.15) is 0 Å². The van der Waals surface area contributed by atoms with Crippen LogP contribution in [0.3, 0.4) is 0 Å². The van der Waals surface area contributed by atoms with Crippen molar-refractivity contribution in [3.05, 3.63) is 71.8 Å². The van der Waals surface area contributed by atoms with Gasteiger partial charge in [-0.25, -0.2) is 9.59 Å². The van der Waals surface area contributed by atoms with E-state index in [0.29, 0.717) is 22.5 Å². The average Bonchev–Trinajstić information content (AvgIpc) is 3.02. The molecule has 0 saturated heterocycles. The smallest absolute Gasteiger partial charge is 0.337 e. The average molecular weight is 643 g/mol. The van der Waals surface area contributed by atoms with Crippen LogP contribution in [0.25, 0.3) is 10.9 Å². The second-order valence-corrected chi connectivity index (χ2v) is 12.7. The Labute approximate surface area is 261 Å². The fraction of sp³-hybridized carbons (Fsp3) is 0.387. The van der Waals surface area contributed by atoms with Gasteiger partial charge in [-0.3, -0.25) is 14.2 Å². The van der Waals surface area contributed by atoms with Crippen molar-refractivity contribution in [3.8, 4) is 0 Å². The molecule has 0 aliphatic heterocycles. The maximum Gasteiger partial charge on any atom is 0.337 e. The van der Waals surface area contributed by atoms with Gasteiger partial charge >= 0.3 is 17.8 Å². The molecule has 1 aromatic heterocycles. The summed E-state index contributed by atoms with van der Waals surface area (Å²) in [5.74, 6) is -4.26. The molecule has 44 heavy (non-hydrogen) atoms. The summed E-state index contributed by atoms with van der Waals surface area (Å²) in [6, 6.07) is 15.7. The maximum absolute atomic E-state index is 13.3. The van der Waals surface area contributed by atoms with Gasteiger partial charge in [0.2, 0.25) is 11.4 Å². The van der Waals surface area contributed by atoms with Crippen LogP contribution in [0.2, 0.25) is 0 Å². The molecule has 3 aromatic rings. The zero-order chi connectivity index (χ0) is 32.4. The van der Waals surface area contributed by atoms with Crippen molar-refractivity contribution >= 4 is 54.9 Å². The maximum atomic E-state index is 13.3. The molecular weight excluding hydrogens is 605 g/mol. The van der Waals surface area contributed by atoms with Gasteiger partial charge in [-0.1, -0.05) is 55.8 Å². The summed E-state index contributed by atoms with van der Waals surface area (Å²) in [5.41, 5.74) is 4.06. The number of carboxylic acid groups (broad SMARTS) is 1. The third-order valence-electron chi connectivity index (χ3n) is 6.95. The van der Waals surface area contributed by atoms with Gasteiger partial charge in [0.1, 0.15) is 6.04 Å². The van der Waals surface area contributed by atoms with Crippen LogP contribution in [-0.4, -0.2) is 58.2 Å². The normalized spacial score (nSPS) is 14.0. The quantitative estimate of drug-likeness (QED) is 0.0815. The van der Waals surface area contributed by atoms with Gasteiger partial charge in [0.05, 0.1) is 18.6 Å². The molecule has 0 spiro atoms. The molecule has 4 N–H and O–H groups in total. The number of fused-ring (bicyclic) bond motifs is 1. The molecule has 0 bridgehead atoms. The highest BCUT2D eigenvalue weighted by Crippen LogP contribution is 2.37. The number of aliphatic carboxylic acids is 1. The molecule has 2 aromatic carbocycles. The lowest BCUT2D eigenvalue weighted by Crippen LogP contribution is -2.52. The van der Waals surface area contributed by atoms with Crippen LogP contribution in [-0.2, 0) is 18.9 Å². The number of carbonyl (C=O) groups is 4. The summed E-state index contributed by atoms with van der Waals surface area (Å²) < 4.78 is 18.7. The zero-order valence-corrected chi connectivity index (χ0v) is 26.7. The zero-order valence-electron chi connectivity index (χ0n) is 25.0. The number of esters is 1. The van der Waals surface area contributed by atoms with Crippen molar-refractivity contribution in [1.82, 2.24) is 5.32 Å². The number of aliphatic hydroxyl groups is 1. The minimum atomic E-state index is -2.04. The topological polar surface area (TPSA) is 163 Å². The number of methoxy groups -OCH3 is 1. The second kappa shape index (κ2) is 15.7. The summed E-state index contributed by atoms with van der Waals surface area (Å²) in [5, 5.41) is 22.9. The Morgan fingerprint density at radius 3 is 2.27 bits per heavy atom. The predicted octanol–water partition coefficient (Wildman–Crippen LogP) is 4.40. The van der Waals surface area contributed by atoms with E-state index in [2.05, 4.69) is 10.7 Å². The molecule has 11 nitrogen and oxygen atoms in total. The van der Waals surface area contributed by atoms with Crippen LogP contribution in [0.1, 0.15) is 60.7 Å². The first-order chi connectivity index (χ1) is 20.9. The van der Waals surface area contributed by atoms with Crippen LogP contribution in [0.4, 0.5) is 0 Å². The molecular formula is C31H37N3O8PS+. The van der Waals surface area contributed by atoms with E-state index < -0.39 is 49.5 Å². The summed E-state index contributed by atoms with van der Waals surface area (Å²) >= 11 is 1.08. The number of amides is 2. The van der Waals surface area contributed by atoms with E-state index in [4.69, 9.17) is 4.74 Å². The fourth-order valence-corrected chi connectivity index (χ4v) is 6.43. The van der Waals surface area contributed by atoms with Crippen LogP contribution >= 0.6 is 20.2 Å². The van der Waals surface area contributed by atoms with Gasteiger partial charge in [-0.15, -0.1) is 5.43 Å². The Kier molecular flexibility index (Phi) is 12.4. The Morgan fingerprint density at radius 1 is 1.02 bits per heavy atom. The molecule has 0 saturated carbocycles. The SMILES string of the molecule is CCCC(C(=O)N[C@@H](CC(C)C)C(=O)O)C(O)(CSc1ccc2ccccc2[n+]1NC(=O)c1ccc(C(=O)OC)cc1)P=O. The van der Waals surface area contributed by atoms with Crippen LogP contribution in [0.15, 0.2) is 65.7 Å². The Morgan fingerprint density at radius 2 is 1.68 bits per heavy atom. The molecule has 234 valence electrons. The summed E-state index contributed by atoms with van der Waals surface area (Å²) in [6.07, 6.45) is 0.843. The Hall–Kier alpha value is -3.86. The van der Waals surface area contributed by atoms with E-state index in [1.165, 1.54) is 36.1 Å². The first-order valence-corrected chi connectivity index (χ1v) is 15.9. The first-order valence-electron chi connectivity index (χ1n) is 14.1. The number of ether oxygens (including phenoxy) is 1. The van der Waals surface area contributed by atoms with Gasteiger partial charge in [0.15, 0.2) is 13.8 Å². The highest BCUT2D eigenvalue weighted by Gasteiger charge is 2.44. The van der Waals surface area contributed by atoms with Crippen LogP contribution < -0.4 is 15.4 Å². The highest BCUT2D eigenvalue weighted by atomic mass is 32.2. The molecule has 3 atom stereocenters. The minimum Gasteiger partial charge on any atom is -0.480 e. The van der Waals surface area contributed by atoms with Crippen molar-refractivity contribution in [2.24, 2.45) is 11.8 Å². The molecule has 0 fully saturated rings. The monoisotopic (exact) mass is 642 g/mol. The third-order valence-corrected chi connectivity index (χ3v) is 9.15. The lowest BCUT2D eigenvalue weighted by Gasteiger charge is -2.30. The standard InChI is InChI=1S/C31H36N3O8PS/c1-5-8-23(28(36)32-24(29(37)38)17-19(2)3)31(40,43-41)18-44-26-16-15-20-9-6-7-10-25(20)34(26)33-27(35)21-11-13-22(14-12-21)30(39)42-4/h6-7,9-16,19,23-24,40H,5,8,17-18H2,1-4H3,(H2-,32,33,35,36,37,38)/p+1/t23?,24-,31?/m0/s1. The van der Waals surface area contributed by atoms with E-state index in [-0.39, 0.29) is 30.1 Å². The number of nitrogens with one attached hydrogen (secondary N) is 2. The highest BCUT2D eigenvalue weighted by molar-refractivity contribution is 7.99. The third kappa shape index (κ3) is 8.62. The number of hydrogen-bond acceptors (Lipinski definition) is 8. The van der Waals surface area contributed by atoms with Gasteiger partial charge in [0.25, 0.3) is 5.03 Å². The Balaban J connectivity index is 1.91. The molecule has 0 aliphatic rings. The minimum absolute atomic E-state index is 0.00237. The molecule has 2 unspecified atom stereocenters. The first kappa shape index (κ1) is 34.6. The molecule has 1 heterocycles. The summed E-state index contributed by atoms with van der Waals surface area (Å²) in [4.78, 5) is 50.1. The van der Waals surface area contributed by atoms with Gasteiger partial charge in [0, 0.05) is 28.8 Å². The number of benzene rings is 2. The van der Waals surface area contributed by atoms with Crippen molar-refractivity contribution in [3.63, 3.8) is 0 Å². The Bertz CT molecular complexity index is 1520. The predicted molar refractivity (Wildman–Crippen MR) is 166 cm³/mol. The number of rotatable bonds is 15. The van der Waals surface area contributed by atoms with Crippen molar-refractivity contribution in [2.45, 2.75) is 56.4 Å². The van der Waals surface area contributed by atoms with Gasteiger partial charge in [-0.05, 0) is 55.2 Å². The van der Waals surface area contributed by atoms with E-state index >= 15 is 0 Å². The van der Waals surface area contributed by atoms with Crippen molar-refractivity contribution in [1.29, 1.82) is 0 Å². The number of carboxylic acids is 1. The number of carbonyl (C=O) groups excluding carboxylic acids is 3. The van der Waals surface area contributed by atoms with Crippen molar-refractivity contribution in [2.75, 3.05) is 18.3 Å². The summed E-state index contributed by atoms with van der Waals surface area (Å²) in [6.45, 7) is 5.48. The number of nitrogens with zero attached hydrogens (tertiary/aromatic N) is 1. The summed E-state index contributed by atoms with van der Waals surface area (Å²) in [7, 11) is 0.566. The largest absolute Gasteiger partial charge is 0.480 e. The lowest BCUT2D eigenvalue weighted by molar-refractivity contribution is -0.653. The molecule has 0 radical (unpaired) electrons. The van der Waals surface area contributed by atoms with E-state index in [9.17, 15) is 34.0 Å². The molecule has 0 aliphatic carbocycles. The van der Waals surface area contributed by atoms with E-state index in [1.807, 2.05) is 39.0 Å². The number of aromatic nitrogens is 1.